The Balaban J connectivity index is 1.60. The predicted octanol–water partition coefficient (Wildman–Crippen LogP) is 3.96. The number of rotatable bonds is 10. The highest BCUT2D eigenvalue weighted by Gasteiger charge is 2.67. The van der Waals surface area contributed by atoms with Crippen LogP contribution in [0.25, 0.3) is 0 Å². The van der Waals surface area contributed by atoms with E-state index in [-0.39, 0.29) is 18.1 Å². The normalized spacial score (nSPS) is 36.9. The fourth-order valence-electron chi connectivity index (χ4n) is 5.84. The maximum atomic E-state index is 12.6. The highest BCUT2D eigenvalue weighted by atomic mass is 16.8. The van der Waals surface area contributed by atoms with E-state index >= 15 is 0 Å². The van der Waals surface area contributed by atoms with E-state index in [2.05, 4.69) is 32.8 Å². The Morgan fingerprint density at radius 3 is 2.05 bits per heavy atom. The third-order valence-corrected chi connectivity index (χ3v) is 8.90. The molecule has 1 aromatic carbocycles. The monoisotopic (exact) mass is 549 g/mol. The maximum absolute atomic E-state index is 12.6. The molecule has 39 heavy (non-hydrogen) atoms. The number of piperidine rings is 1. The van der Waals surface area contributed by atoms with E-state index in [1.54, 1.807) is 0 Å². The zero-order valence-electron chi connectivity index (χ0n) is 24.4. The summed E-state index contributed by atoms with van der Waals surface area (Å²) in [4.78, 5) is 32.0. The lowest BCUT2D eigenvalue weighted by Gasteiger charge is -2.62. The Hall–Kier alpha value is -2.24. The SMILES string of the molecule is CCC1(C)CC2(OC(C(=O)OC)C(C(=O)OC)O2)C(C)C(C)(CC)N1OC(C)c1ccc(OCC2CO2)cc1. The topological polar surface area (TPSA) is 105 Å². The van der Waals surface area contributed by atoms with Crippen molar-refractivity contribution in [2.24, 2.45) is 5.92 Å². The van der Waals surface area contributed by atoms with Gasteiger partial charge in [-0.25, -0.2) is 9.59 Å². The molecule has 3 heterocycles. The van der Waals surface area contributed by atoms with Crippen LogP contribution in [0.4, 0.5) is 0 Å². The third-order valence-electron chi connectivity index (χ3n) is 8.90. The van der Waals surface area contributed by atoms with Gasteiger partial charge in [0.2, 0.25) is 0 Å². The van der Waals surface area contributed by atoms with Crippen molar-refractivity contribution in [2.45, 2.75) is 102 Å². The zero-order chi connectivity index (χ0) is 28.6. The van der Waals surface area contributed by atoms with Gasteiger partial charge in [0.1, 0.15) is 24.6 Å². The van der Waals surface area contributed by atoms with E-state index in [9.17, 15) is 9.59 Å². The summed E-state index contributed by atoms with van der Waals surface area (Å²) in [6.45, 7) is 13.7. The van der Waals surface area contributed by atoms with Gasteiger partial charge >= 0.3 is 11.9 Å². The van der Waals surface area contributed by atoms with Gasteiger partial charge in [0.05, 0.1) is 26.4 Å². The number of hydrogen-bond donors (Lipinski definition) is 0. The van der Waals surface area contributed by atoms with E-state index < -0.39 is 41.0 Å². The van der Waals surface area contributed by atoms with Crippen LogP contribution < -0.4 is 4.74 Å². The summed E-state index contributed by atoms with van der Waals surface area (Å²) < 4.78 is 33.6. The Labute approximate surface area is 231 Å². The number of epoxide rings is 1. The standard InChI is InChI=1S/C29H43NO9/c1-9-27(5)17-29(37-23(25(31)33-7)24(38-29)26(32)34-8)19(4)28(6,10-2)30(27)39-18(3)20-11-13-21(14-12-20)35-15-22-16-36-22/h11-14,18-19,22-24H,9-10,15-17H2,1-8H3. The van der Waals surface area contributed by atoms with E-state index in [4.69, 9.17) is 33.3 Å². The smallest absolute Gasteiger partial charge is 0.338 e. The number of esters is 2. The van der Waals surface area contributed by atoms with Crippen molar-refractivity contribution in [2.75, 3.05) is 27.4 Å². The van der Waals surface area contributed by atoms with Gasteiger partial charge in [0.15, 0.2) is 18.0 Å². The number of hydrogen-bond acceptors (Lipinski definition) is 10. The second-order valence-electron chi connectivity index (χ2n) is 11.3. The van der Waals surface area contributed by atoms with Gasteiger partial charge in [-0.1, -0.05) is 32.9 Å². The number of nitrogens with zero attached hydrogens (tertiary/aromatic N) is 1. The third kappa shape index (κ3) is 5.54. The molecule has 0 aromatic heterocycles. The first-order chi connectivity index (χ1) is 18.5. The summed E-state index contributed by atoms with van der Waals surface area (Å²) in [5.41, 5.74) is -0.111. The average Bonchev–Trinajstić information content (AvgIpc) is 3.71. The number of hydroxylamine groups is 2. The first kappa shape index (κ1) is 29.7. The van der Waals surface area contributed by atoms with Gasteiger partial charge in [-0.15, -0.1) is 0 Å². The summed E-state index contributed by atoms with van der Waals surface area (Å²) in [5.74, 6) is -2.06. The van der Waals surface area contributed by atoms with E-state index in [1.165, 1.54) is 14.2 Å². The number of benzene rings is 1. The molecule has 10 nitrogen and oxygen atoms in total. The van der Waals surface area contributed by atoms with Crippen molar-refractivity contribution in [3.05, 3.63) is 29.8 Å². The van der Waals surface area contributed by atoms with Crippen LogP contribution in [-0.4, -0.2) is 79.6 Å². The van der Waals surface area contributed by atoms with Gasteiger partial charge in [0, 0.05) is 17.9 Å². The molecule has 4 rings (SSSR count). The molecule has 3 fully saturated rings. The molecule has 7 unspecified atom stereocenters. The lowest BCUT2D eigenvalue weighted by atomic mass is 9.67. The van der Waals surface area contributed by atoms with Crippen molar-refractivity contribution >= 4 is 11.9 Å². The molecule has 218 valence electrons. The van der Waals surface area contributed by atoms with E-state index in [0.29, 0.717) is 25.9 Å². The summed E-state index contributed by atoms with van der Waals surface area (Å²) in [7, 11) is 2.53. The number of methoxy groups -OCH3 is 2. The maximum Gasteiger partial charge on any atom is 0.338 e. The first-order valence-corrected chi connectivity index (χ1v) is 13.8. The van der Waals surface area contributed by atoms with Crippen LogP contribution in [0.5, 0.6) is 5.75 Å². The Morgan fingerprint density at radius 1 is 1.03 bits per heavy atom. The van der Waals surface area contributed by atoms with Gasteiger partial charge in [-0.05, 0) is 51.3 Å². The van der Waals surface area contributed by atoms with Crippen LogP contribution >= 0.6 is 0 Å². The fourth-order valence-corrected chi connectivity index (χ4v) is 5.84. The Morgan fingerprint density at radius 2 is 1.59 bits per heavy atom. The van der Waals surface area contributed by atoms with Crippen LogP contribution in [-0.2, 0) is 38.1 Å². The minimum absolute atomic E-state index is 0.202. The molecule has 0 radical (unpaired) electrons. The quantitative estimate of drug-likeness (QED) is 0.315. The van der Waals surface area contributed by atoms with E-state index in [0.717, 1.165) is 17.9 Å². The molecule has 3 saturated heterocycles. The number of carbonyl (C=O) groups is 2. The van der Waals surface area contributed by atoms with Gasteiger partial charge in [0.25, 0.3) is 0 Å². The van der Waals surface area contributed by atoms with Crippen LogP contribution in [0, 0.1) is 5.92 Å². The number of carbonyl (C=O) groups excluding carboxylic acids is 2. The van der Waals surface area contributed by atoms with Crippen LogP contribution in [0.3, 0.4) is 0 Å². The highest BCUT2D eigenvalue weighted by molar-refractivity contribution is 5.86. The van der Waals surface area contributed by atoms with Gasteiger partial charge in [-0.3, -0.25) is 4.84 Å². The van der Waals surface area contributed by atoms with Crippen molar-refractivity contribution < 1.29 is 42.8 Å². The average molecular weight is 550 g/mol. The van der Waals surface area contributed by atoms with Crippen molar-refractivity contribution in [3.8, 4) is 5.75 Å². The molecule has 0 saturated carbocycles. The Bertz CT molecular complexity index is 1000. The molecule has 1 spiro atoms. The fraction of sp³-hybridized carbons (Fsp3) is 0.724. The molecule has 0 aliphatic carbocycles. The van der Waals surface area contributed by atoms with Crippen molar-refractivity contribution in [1.82, 2.24) is 5.06 Å². The summed E-state index contributed by atoms with van der Waals surface area (Å²) >= 11 is 0. The largest absolute Gasteiger partial charge is 0.491 e. The van der Waals surface area contributed by atoms with Gasteiger partial charge in [-0.2, -0.15) is 5.06 Å². The summed E-state index contributed by atoms with van der Waals surface area (Å²) in [6.07, 6.45) is -0.702. The molecule has 3 aliphatic heterocycles. The van der Waals surface area contributed by atoms with Crippen LogP contribution in [0.2, 0.25) is 0 Å². The minimum atomic E-state index is -1.22. The van der Waals surface area contributed by atoms with Gasteiger partial charge < -0.3 is 28.4 Å². The lowest BCUT2D eigenvalue weighted by Crippen LogP contribution is -2.71. The first-order valence-electron chi connectivity index (χ1n) is 13.8. The molecule has 3 aliphatic rings. The second kappa shape index (κ2) is 11.3. The minimum Gasteiger partial charge on any atom is -0.491 e. The summed E-state index contributed by atoms with van der Waals surface area (Å²) in [6, 6.07) is 7.92. The van der Waals surface area contributed by atoms with Crippen molar-refractivity contribution in [3.63, 3.8) is 0 Å². The van der Waals surface area contributed by atoms with Crippen LogP contribution in [0.1, 0.15) is 72.5 Å². The second-order valence-corrected chi connectivity index (χ2v) is 11.3. The lowest BCUT2D eigenvalue weighted by molar-refractivity contribution is -0.380. The van der Waals surface area contributed by atoms with Crippen LogP contribution in [0.15, 0.2) is 24.3 Å². The van der Waals surface area contributed by atoms with E-state index in [1.807, 2.05) is 38.1 Å². The highest BCUT2D eigenvalue weighted by Crippen LogP contribution is 2.56. The molecular weight excluding hydrogens is 506 g/mol. The van der Waals surface area contributed by atoms with Crippen molar-refractivity contribution in [1.29, 1.82) is 0 Å². The molecule has 0 N–H and O–H groups in total. The molecule has 0 amide bonds. The molecular formula is C29H43NO9. The summed E-state index contributed by atoms with van der Waals surface area (Å²) in [5, 5.41) is 2.10. The molecule has 0 bridgehead atoms. The molecule has 7 atom stereocenters. The molecule has 10 heteroatoms. The molecule has 1 aromatic rings. The number of ether oxygens (including phenoxy) is 6. The zero-order valence-corrected chi connectivity index (χ0v) is 24.4. The Kier molecular flexibility index (Phi) is 8.64. The predicted molar refractivity (Wildman–Crippen MR) is 141 cm³/mol.